The van der Waals surface area contributed by atoms with Gasteiger partial charge in [-0.05, 0) is 31.1 Å². The summed E-state index contributed by atoms with van der Waals surface area (Å²) in [5.41, 5.74) is -0.892. The first-order valence-electron chi connectivity index (χ1n) is 9.14. The van der Waals surface area contributed by atoms with Crippen molar-refractivity contribution in [2.45, 2.75) is 38.3 Å². The summed E-state index contributed by atoms with van der Waals surface area (Å²) in [4.78, 5) is 38.0. The molecule has 0 spiro atoms. The van der Waals surface area contributed by atoms with Gasteiger partial charge in [0, 0.05) is 17.5 Å². The van der Waals surface area contributed by atoms with Crippen molar-refractivity contribution >= 4 is 41.4 Å². The lowest BCUT2D eigenvalue weighted by molar-refractivity contribution is -0.757. The van der Waals surface area contributed by atoms with E-state index in [1.165, 1.54) is 12.1 Å². The number of rotatable bonds is 9. The van der Waals surface area contributed by atoms with Gasteiger partial charge < -0.3 is 23.8 Å². The highest BCUT2D eigenvalue weighted by Gasteiger charge is 2.49. The SMILES string of the molecule is CC(OC(=O)OCCCCO[N+](=O)[O-])OC(=O)C1=Cc2cc(Cl)cc(Cl)c2O[C@@H]1C(F)(F)F. The molecule has 2 atom stereocenters. The molecule has 2 rings (SSSR count). The number of fused-ring (bicyclic) bond motifs is 1. The molecule has 1 aliphatic rings. The van der Waals surface area contributed by atoms with E-state index in [4.69, 9.17) is 32.7 Å². The summed E-state index contributed by atoms with van der Waals surface area (Å²) in [6.45, 7) is 0.698. The monoisotopic (exact) mass is 517 g/mol. The van der Waals surface area contributed by atoms with Gasteiger partial charge in [0.25, 0.3) is 5.09 Å². The Morgan fingerprint density at radius 3 is 2.52 bits per heavy atom. The summed E-state index contributed by atoms with van der Waals surface area (Å²) in [6, 6.07) is 2.43. The highest BCUT2D eigenvalue weighted by molar-refractivity contribution is 6.36. The van der Waals surface area contributed by atoms with Gasteiger partial charge in [-0.15, -0.1) is 10.1 Å². The number of benzene rings is 1. The number of unbranched alkanes of at least 4 members (excludes halogenated alkanes) is 1. The van der Waals surface area contributed by atoms with Crippen LogP contribution in [0.15, 0.2) is 17.7 Å². The third kappa shape index (κ3) is 7.86. The minimum atomic E-state index is -4.99. The molecule has 1 aliphatic heterocycles. The maximum absolute atomic E-state index is 13.5. The fraction of sp³-hybridized carbons (Fsp3) is 0.444. The predicted molar refractivity (Wildman–Crippen MR) is 105 cm³/mol. The van der Waals surface area contributed by atoms with Gasteiger partial charge in [-0.1, -0.05) is 23.2 Å². The van der Waals surface area contributed by atoms with Crippen LogP contribution in [0.25, 0.3) is 6.08 Å². The van der Waals surface area contributed by atoms with Crippen LogP contribution in [0.2, 0.25) is 10.0 Å². The van der Waals surface area contributed by atoms with Crippen LogP contribution in [-0.4, -0.2) is 49.0 Å². The van der Waals surface area contributed by atoms with Gasteiger partial charge in [0.1, 0.15) is 5.75 Å². The first-order valence-corrected chi connectivity index (χ1v) is 9.89. The molecule has 0 radical (unpaired) electrons. The average Bonchev–Trinajstić information content (AvgIpc) is 2.68. The lowest BCUT2D eigenvalue weighted by Gasteiger charge is -2.29. The van der Waals surface area contributed by atoms with Crippen LogP contribution in [0.4, 0.5) is 18.0 Å². The lowest BCUT2D eigenvalue weighted by Crippen LogP contribution is -2.41. The molecule has 0 aromatic heterocycles. The molecule has 0 N–H and O–H groups in total. The standard InChI is InChI=1S/C18H16Cl2F3NO9/c1-9(32-17(26)29-4-2-3-5-30-24(27)28)31-16(25)12-7-10-6-11(19)8-13(20)14(10)33-15(12)18(21,22)23/h6-9,15H,2-5H2,1H3/t9?,15-/m0/s1. The Kier molecular flexibility index (Phi) is 8.99. The molecule has 0 aliphatic carbocycles. The number of carbonyl (C=O) groups excluding carboxylic acids is 2. The molecule has 1 heterocycles. The summed E-state index contributed by atoms with van der Waals surface area (Å²) < 4.78 is 59.4. The minimum Gasteiger partial charge on any atom is -0.474 e. The molecular weight excluding hydrogens is 502 g/mol. The van der Waals surface area contributed by atoms with Crippen molar-refractivity contribution in [3.05, 3.63) is 43.4 Å². The van der Waals surface area contributed by atoms with Crippen LogP contribution < -0.4 is 4.74 Å². The first kappa shape index (κ1) is 26.3. The van der Waals surface area contributed by atoms with E-state index in [9.17, 15) is 32.9 Å². The Morgan fingerprint density at radius 2 is 1.88 bits per heavy atom. The molecule has 0 bridgehead atoms. The number of esters is 1. The Balaban J connectivity index is 1.98. The van der Waals surface area contributed by atoms with Gasteiger partial charge in [-0.2, -0.15) is 13.2 Å². The van der Waals surface area contributed by atoms with Crippen LogP contribution in [0.3, 0.4) is 0 Å². The fourth-order valence-electron chi connectivity index (χ4n) is 2.56. The van der Waals surface area contributed by atoms with Crippen molar-refractivity contribution in [1.29, 1.82) is 0 Å². The molecule has 15 heteroatoms. The minimum absolute atomic E-state index is 0.0222. The van der Waals surface area contributed by atoms with Crippen molar-refractivity contribution in [2.24, 2.45) is 0 Å². The third-order valence-corrected chi connectivity index (χ3v) is 4.39. The Morgan fingerprint density at radius 1 is 1.21 bits per heavy atom. The van der Waals surface area contributed by atoms with Gasteiger partial charge in [-0.25, -0.2) is 9.59 Å². The highest BCUT2D eigenvalue weighted by Crippen LogP contribution is 2.42. The number of halogens is 5. The van der Waals surface area contributed by atoms with Gasteiger partial charge >= 0.3 is 18.3 Å². The molecular formula is C18H16Cl2F3NO9. The molecule has 0 saturated heterocycles. The van der Waals surface area contributed by atoms with E-state index in [0.717, 1.165) is 13.0 Å². The number of hydrogen-bond acceptors (Lipinski definition) is 9. The van der Waals surface area contributed by atoms with Crippen LogP contribution >= 0.6 is 23.2 Å². The molecule has 0 saturated carbocycles. The molecule has 1 aromatic rings. The largest absolute Gasteiger partial charge is 0.511 e. The van der Waals surface area contributed by atoms with E-state index in [2.05, 4.69) is 14.3 Å². The Labute approximate surface area is 194 Å². The Hall–Kier alpha value is -2.93. The molecule has 33 heavy (non-hydrogen) atoms. The van der Waals surface area contributed by atoms with Gasteiger partial charge in [0.2, 0.25) is 12.4 Å². The summed E-state index contributed by atoms with van der Waals surface area (Å²) in [6.07, 6.45) is -9.27. The predicted octanol–water partition coefficient (Wildman–Crippen LogP) is 4.73. The Bertz CT molecular complexity index is 939. The first-order chi connectivity index (χ1) is 15.4. The summed E-state index contributed by atoms with van der Waals surface area (Å²) in [7, 11) is 0. The maximum Gasteiger partial charge on any atom is 0.511 e. The van der Waals surface area contributed by atoms with E-state index in [1.807, 2.05) is 0 Å². The summed E-state index contributed by atoms with van der Waals surface area (Å²) in [5.74, 6) is -1.77. The quantitative estimate of drug-likeness (QED) is 0.150. The number of carbonyl (C=O) groups is 2. The molecule has 1 unspecified atom stereocenters. The van der Waals surface area contributed by atoms with Crippen molar-refractivity contribution in [3.63, 3.8) is 0 Å². The lowest BCUT2D eigenvalue weighted by atomic mass is 10.0. The third-order valence-electron chi connectivity index (χ3n) is 3.89. The second kappa shape index (κ2) is 11.3. The van der Waals surface area contributed by atoms with Crippen molar-refractivity contribution in [1.82, 2.24) is 0 Å². The molecule has 10 nitrogen and oxygen atoms in total. The zero-order valence-corrected chi connectivity index (χ0v) is 18.2. The zero-order valence-electron chi connectivity index (χ0n) is 16.7. The summed E-state index contributed by atoms with van der Waals surface area (Å²) >= 11 is 11.7. The van der Waals surface area contributed by atoms with Crippen LogP contribution in [0.5, 0.6) is 5.75 Å². The number of hydrogen-bond donors (Lipinski definition) is 0. The zero-order chi connectivity index (χ0) is 24.8. The van der Waals surface area contributed by atoms with Gasteiger partial charge in [0.05, 0.1) is 23.8 Å². The van der Waals surface area contributed by atoms with E-state index in [1.54, 1.807) is 0 Å². The molecule has 0 amide bonds. The van der Waals surface area contributed by atoms with Gasteiger partial charge in [-0.3, -0.25) is 0 Å². The average molecular weight is 518 g/mol. The van der Waals surface area contributed by atoms with E-state index in [-0.39, 0.29) is 47.4 Å². The smallest absolute Gasteiger partial charge is 0.474 e. The van der Waals surface area contributed by atoms with Crippen molar-refractivity contribution < 1.29 is 51.6 Å². The fourth-order valence-corrected chi connectivity index (χ4v) is 3.11. The molecule has 0 fully saturated rings. The number of nitrogens with zero attached hydrogens (tertiary/aromatic N) is 1. The van der Waals surface area contributed by atoms with E-state index in [0.29, 0.717) is 0 Å². The maximum atomic E-state index is 13.5. The van der Waals surface area contributed by atoms with Crippen LogP contribution in [-0.2, 0) is 23.8 Å². The van der Waals surface area contributed by atoms with E-state index >= 15 is 0 Å². The molecule has 182 valence electrons. The number of alkyl halides is 3. The van der Waals surface area contributed by atoms with Crippen molar-refractivity contribution in [2.75, 3.05) is 13.2 Å². The van der Waals surface area contributed by atoms with Crippen LogP contribution in [0.1, 0.15) is 25.3 Å². The second-order valence-electron chi connectivity index (χ2n) is 6.40. The van der Waals surface area contributed by atoms with Crippen LogP contribution in [0, 0.1) is 10.1 Å². The topological polar surface area (TPSA) is 123 Å². The second-order valence-corrected chi connectivity index (χ2v) is 7.24. The normalized spacial score (nSPS) is 15.9. The highest BCUT2D eigenvalue weighted by atomic mass is 35.5. The summed E-state index contributed by atoms with van der Waals surface area (Å²) in [5, 5.41) is 8.93. The van der Waals surface area contributed by atoms with E-state index < -0.39 is 41.4 Å². The van der Waals surface area contributed by atoms with Crippen molar-refractivity contribution in [3.8, 4) is 5.75 Å². The molecule has 1 aromatic carbocycles. The number of ether oxygens (including phenoxy) is 4. The van der Waals surface area contributed by atoms with Gasteiger partial charge in [0.15, 0.2) is 0 Å².